The summed E-state index contributed by atoms with van der Waals surface area (Å²) in [5.41, 5.74) is 2.19. The summed E-state index contributed by atoms with van der Waals surface area (Å²) >= 11 is 0. The number of hydrogen-bond donors (Lipinski definition) is 2. The molecule has 0 aliphatic rings. The summed E-state index contributed by atoms with van der Waals surface area (Å²) < 4.78 is 1.48. The molecule has 0 aliphatic carbocycles. The number of aromatic nitrogens is 4. The third kappa shape index (κ3) is 4.02. The predicted octanol–water partition coefficient (Wildman–Crippen LogP) is 1.16. The van der Waals surface area contributed by atoms with Gasteiger partial charge in [0.1, 0.15) is 6.33 Å². The fourth-order valence-electron chi connectivity index (χ4n) is 1.95. The maximum absolute atomic E-state index is 12.2. The summed E-state index contributed by atoms with van der Waals surface area (Å²) in [5.74, 6) is -1.58. The molecule has 1 unspecified atom stereocenters. The molecule has 23 heavy (non-hydrogen) atoms. The topological polar surface area (TPSA) is 113 Å². The number of nitrogens with one attached hydrogen (secondary N) is 1. The first kappa shape index (κ1) is 16.4. The van der Waals surface area contributed by atoms with Crippen molar-refractivity contribution < 1.29 is 14.7 Å². The molecular weight excluding hydrogens is 300 g/mol. The number of amides is 2. The van der Waals surface area contributed by atoms with Gasteiger partial charge in [0.2, 0.25) is 0 Å². The maximum atomic E-state index is 12.2. The Morgan fingerprint density at radius 1 is 1.43 bits per heavy atom. The van der Waals surface area contributed by atoms with E-state index < -0.39 is 11.9 Å². The highest BCUT2D eigenvalue weighted by Gasteiger charge is 2.18. The van der Waals surface area contributed by atoms with E-state index in [0.717, 1.165) is 5.56 Å². The van der Waals surface area contributed by atoms with E-state index in [1.807, 2.05) is 19.1 Å². The Balaban J connectivity index is 2.11. The minimum atomic E-state index is -0.943. The van der Waals surface area contributed by atoms with Gasteiger partial charge in [-0.2, -0.15) is 0 Å². The molecule has 0 radical (unpaired) electrons. The number of urea groups is 1. The average molecular weight is 318 g/mol. The molecule has 0 spiro atoms. The van der Waals surface area contributed by atoms with Crippen LogP contribution in [0.15, 0.2) is 24.5 Å². The van der Waals surface area contributed by atoms with Crippen molar-refractivity contribution in [1.82, 2.24) is 25.1 Å². The number of hydrogen-bond acceptors (Lipinski definition) is 5. The van der Waals surface area contributed by atoms with Crippen LogP contribution < -0.4 is 5.32 Å². The predicted molar refractivity (Wildman–Crippen MR) is 82.3 cm³/mol. The third-order valence-corrected chi connectivity index (χ3v) is 3.39. The molecule has 2 amide bonds. The minimum absolute atomic E-state index is 0.118. The van der Waals surface area contributed by atoms with E-state index in [4.69, 9.17) is 5.11 Å². The van der Waals surface area contributed by atoms with Gasteiger partial charge in [-0.25, -0.2) is 9.48 Å². The van der Waals surface area contributed by atoms with Crippen molar-refractivity contribution >= 4 is 17.7 Å². The molecule has 1 heterocycles. The second-order valence-corrected chi connectivity index (χ2v) is 5.30. The number of tetrazole rings is 1. The molecule has 9 nitrogen and oxygen atoms in total. The lowest BCUT2D eigenvalue weighted by Gasteiger charge is -2.21. The lowest BCUT2D eigenvalue weighted by molar-refractivity contribution is -0.141. The Morgan fingerprint density at radius 3 is 2.78 bits per heavy atom. The summed E-state index contributed by atoms with van der Waals surface area (Å²) in [4.78, 5) is 24.4. The van der Waals surface area contributed by atoms with Crippen LogP contribution in [0.3, 0.4) is 0 Å². The van der Waals surface area contributed by atoms with E-state index in [9.17, 15) is 9.59 Å². The zero-order valence-electron chi connectivity index (χ0n) is 13.1. The van der Waals surface area contributed by atoms with Crippen molar-refractivity contribution in [2.75, 3.05) is 18.9 Å². The van der Waals surface area contributed by atoms with Gasteiger partial charge in [0.25, 0.3) is 0 Å². The van der Waals surface area contributed by atoms with E-state index in [2.05, 4.69) is 20.8 Å². The first-order valence-corrected chi connectivity index (χ1v) is 6.97. The van der Waals surface area contributed by atoms with Crippen LogP contribution in [0.4, 0.5) is 10.5 Å². The van der Waals surface area contributed by atoms with Crippen molar-refractivity contribution in [2.45, 2.75) is 13.8 Å². The van der Waals surface area contributed by atoms with Crippen LogP contribution in [0.5, 0.6) is 0 Å². The molecule has 0 aliphatic heterocycles. The summed E-state index contributed by atoms with van der Waals surface area (Å²) in [6.45, 7) is 3.53. The molecule has 0 bridgehead atoms. The van der Waals surface area contributed by atoms with Gasteiger partial charge in [0.15, 0.2) is 0 Å². The Hall–Kier alpha value is -2.97. The van der Waals surface area contributed by atoms with Crippen molar-refractivity contribution in [3.63, 3.8) is 0 Å². The van der Waals surface area contributed by atoms with E-state index in [1.165, 1.54) is 15.9 Å². The fraction of sp³-hybridized carbons (Fsp3) is 0.357. The summed E-state index contributed by atoms with van der Waals surface area (Å²) in [6.07, 6.45) is 1.46. The second kappa shape index (κ2) is 6.86. The lowest BCUT2D eigenvalue weighted by atomic mass is 10.1. The van der Waals surface area contributed by atoms with E-state index >= 15 is 0 Å². The van der Waals surface area contributed by atoms with Crippen LogP contribution in [0.25, 0.3) is 5.69 Å². The van der Waals surface area contributed by atoms with Crippen LogP contribution in [0.1, 0.15) is 12.5 Å². The summed E-state index contributed by atoms with van der Waals surface area (Å²) in [7, 11) is 1.55. The minimum Gasteiger partial charge on any atom is -0.481 e. The molecule has 0 saturated carbocycles. The van der Waals surface area contributed by atoms with Crippen LogP contribution in [-0.2, 0) is 4.79 Å². The largest absolute Gasteiger partial charge is 0.481 e. The van der Waals surface area contributed by atoms with Crippen molar-refractivity contribution in [3.8, 4) is 5.69 Å². The van der Waals surface area contributed by atoms with Crippen molar-refractivity contribution in [1.29, 1.82) is 0 Å². The molecule has 2 aromatic rings. The van der Waals surface area contributed by atoms with E-state index in [-0.39, 0.29) is 12.6 Å². The summed E-state index contributed by atoms with van der Waals surface area (Å²) in [6, 6.07) is 5.04. The zero-order chi connectivity index (χ0) is 17.0. The standard InChI is InChI=1S/C14H18N6O3/c1-9-4-5-11(20-8-15-17-18-20)6-12(9)16-14(23)19(3)7-10(2)13(21)22/h4-6,8,10H,7H2,1-3H3,(H,16,23)(H,21,22). The Morgan fingerprint density at radius 2 is 2.17 bits per heavy atom. The number of carbonyl (C=O) groups excluding carboxylic acids is 1. The van der Waals surface area contributed by atoms with E-state index in [1.54, 1.807) is 20.0 Å². The highest BCUT2D eigenvalue weighted by atomic mass is 16.4. The number of nitrogens with zero attached hydrogens (tertiary/aromatic N) is 5. The van der Waals surface area contributed by atoms with Gasteiger partial charge in [-0.3, -0.25) is 4.79 Å². The smallest absolute Gasteiger partial charge is 0.321 e. The summed E-state index contributed by atoms with van der Waals surface area (Å²) in [5, 5.41) is 22.6. The average Bonchev–Trinajstić information content (AvgIpc) is 3.03. The normalized spacial score (nSPS) is 11.8. The number of aliphatic carboxylic acids is 1. The number of anilines is 1. The van der Waals surface area contributed by atoms with Gasteiger partial charge in [-0.15, -0.1) is 5.10 Å². The number of rotatable bonds is 5. The van der Waals surface area contributed by atoms with E-state index in [0.29, 0.717) is 11.4 Å². The Bertz CT molecular complexity index is 701. The first-order chi connectivity index (χ1) is 10.9. The van der Waals surface area contributed by atoms with Gasteiger partial charge < -0.3 is 15.3 Å². The molecule has 0 fully saturated rings. The molecule has 1 aromatic carbocycles. The molecule has 0 saturated heterocycles. The van der Waals surface area contributed by atoms with Gasteiger partial charge in [0.05, 0.1) is 11.6 Å². The molecule has 1 atom stereocenters. The third-order valence-electron chi connectivity index (χ3n) is 3.39. The molecule has 122 valence electrons. The van der Waals surface area contributed by atoms with Crippen LogP contribution >= 0.6 is 0 Å². The lowest BCUT2D eigenvalue weighted by Crippen LogP contribution is -2.36. The Kier molecular flexibility index (Phi) is 4.89. The van der Waals surface area contributed by atoms with Crippen LogP contribution in [0, 0.1) is 12.8 Å². The highest BCUT2D eigenvalue weighted by molar-refractivity contribution is 5.90. The van der Waals surface area contributed by atoms with Gasteiger partial charge in [-0.05, 0) is 35.0 Å². The molecule has 2 rings (SSSR count). The van der Waals surface area contributed by atoms with Crippen LogP contribution in [0.2, 0.25) is 0 Å². The van der Waals surface area contributed by atoms with Gasteiger partial charge >= 0.3 is 12.0 Å². The quantitative estimate of drug-likeness (QED) is 0.855. The van der Waals surface area contributed by atoms with Crippen molar-refractivity contribution in [2.24, 2.45) is 5.92 Å². The number of aryl methyl sites for hydroxylation is 1. The van der Waals surface area contributed by atoms with Gasteiger partial charge in [-0.1, -0.05) is 13.0 Å². The molecule has 9 heteroatoms. The molecular formula is C14H18N6O3. The number of benzene rings is 1. The maximum Gasteiger partial charge on any atom is 0.321 e. The van der Waals surface area contributed by atoms with Crippen molar-refractivity contribution in [3.05, 3.63) is 30.1 Å². The number of carbonyl (C=O) groups is 2. The zero-order valence-corrected chi connectivity index (χ0v) is 13.1. The SMILES string of the molecule is Cc1ccc(-n2cnnn2)cc1NC(=O)N(C)CC(C)C(=O)O. The fourth-order valence-corrected chi connectivity index (χ4v) is 1.95. The first-order valence-electron chi connectivity index (χ1n) is 6.97. The number of carboxylic acids is 1. The highest BCUT2D eigenvalue weighted by Crippen LogP contribution is 2.19. The molecule has 2 N–H and O–H groups in total. The monoisotopic (exact) mass is 318 g/mol. The Labute approximate surface area is 132 Å². The van der Waals surface area contributed by atoms with Gasteiger partial charge in [0, 0.05) is 19.3 Å². The molecule has 1 aromatic heterocycles. The number of carboxylic acid groups (broad SMARTS) is 1. The second-order valence-electron chi connectivity index (χ2n) is 5.30. The van der Waals surface area contributed by atoms with Crippen LogP contribution in [-0.4, -0.2) is 55.8 Å².